The van der Waals surface area contributed by atoms with Gasteiger partial charge in [0.15, 0.2) is 0 Å². The van der Waals surface area contributed by atoms with Crippen molar-refractivity contribution in [1.29, 1.82) is 0 Å². The average molecular weight is 398 g/mol. The molecule has 152 valence electrons. The highest BCUT2D eigenvalue weighted by Gasteiger charge is 2.21. The van der Waals surface area contributed by atoms with E-state index in [-0.39, 0.29) is 0 Å². The van der Waals surface area contributed by atoms with Gasteiger partial charge in [-0.25, -0.2) is 9.97 Å². The van der Waals surface area contributed by atoms with Crippen LogP contribution in [0.3, 0.4) is 0 Å². The molecule has 1 saturated heterocycles. The lowest BCUT2D eigenvalue weighted by Gasteiger charge is -2.36. The SMILES string of the molecule is CC1CC(C)CN(c2ccc(Nc3nccc(-c4c[nH]c5ccccc45)n3)cc2)C1. The van der Waals surface area contributed by atoms with E-state index in [1.807, 2.05) is 24.4 Å². The van der Waals surface area contributed by atoms with E-state index in [2.05, 4.69) is 70.4 Å². The molecule has 5 rings (SSSR count). The number of nitrogens with one attached hydrogen (secondary N) is 2. The van der Waals surface area contributed by atoms with Crippen LogP contribution in [0.25, 0.3) is 22.2 Å². The van der Waals surface area contributed by atoms with Crippen LogP contribution in [-0.2, 0) is 0 Å². The largest absolute Gasteiger partial charge is 0.371 e. The molecule has 0 aliphatic carbocycles. The number of nitrogens with zero attached hydrogens (tertiary/aromatic N) is 3. The smallest absolute Gasteiger partial charge is 0.227 e. The second-order valence-electron chi connectivity index (χ2n) is 8.54. The van der Waals surface area contributed by atoms with Gasteiger partial charge >= 0.3 is 0 Å². The topological polar surface area (TPSA) is 56.8 Å². The normalized spacial score (nSPS) is 19.2. The van der Waals surface area contributed by atoms with Crippen molar-refractivity contribution in [3.63, 3.8) is 0 Å². The Balaban J connectivity index is 1.34. The van der Waals surface area contributed by atoms with E-state index in [4.69, 9.17) is 4.98 Å². The summed E-state index contributed by atoms with van der Waals surface area (Å²) >= 11 is 0. The number of hydrogen-bond acceptors (Lipinski definition) is 4. The van der Waals surface area contributed by atoms with Gasteiger partial charge in [0.2, 0.25) is 5.95 Å². The van der Waals surface area contributed by atoms with Crippen LogP contribution in [0, 0.1) is 11.8 Å². The Hall–Kier alpha value is -3.34. The number of piperidine rings is 1. The zero-order valence-corrected chi connectivity index (χ0v) is 17.5. The Morgan fingerprint density at radius 2 is 1.73 bits per heavy atom. The first-order valence-corrected chi connectivity index (χ1v) is 10.7. The van der Waals surface area contributed by atoms with Gasteiger partial charge in [0.25, 0.3) is 0 Å². The molecule has 2 aromatic carbocycles. The molecule has 4 aromatic rings. The number of benzene rings is 2. The van der Waals surface area contributed by atoms with Gasteiger partial charge in [-0.15, -0.1) is 0 Å². The molecular formula is C25H27N5. The molecule has 30 heavy (non-hydrogen) atoms. The zero-order chi connectivity index (χ0) is 20.5. The molecule has 0 spiro atoms. The summed E-state index contributed by atoms with van der Waals surface area (Å²) in [6.45, 7) is 6.95. The van der Waals surface area contributed by atoms with Gasteiger partial charge in [0, 0.05) is 53.3 Å². The molecule has 2 aromatic heterocycles. The first-order chi connectivity index (χ1) is 14.7. The molecule has 0 amide bonds. The molecule has 1 fully saturated rings. The summed E-state index contributed by atoms with van der Waals surface area (Å²) in [4.78, 5) is 15.0. The minimum Gasteiger partial charge on any atom is -0.371 e. The zero-order valence-electron chi connectivity index (χ0n) is 17.5. The summed E-state index contributed by atoms with van der Waals surface area (Å²) < 4.78 is 0. The summed E-state index contributed by atoms with van der Waals surface area (Å²) in [6, 6.07) is 18.8. The maximum Gasteiger partial charge on any atom is 0.227 e. The molecule has 5 nitrogen and oxygen atoms in total. The molecule has 2 atom stereocenters. The highest BCUT2D eigenvalue weighted by molar-refractivity contribution is 5.94. The maximum absolute atomic E-state index is 4.74. The Morgan fingerprint density at radius 3 is 2.53 bits per heavy atom. The Bertz CT molecular complexity index is 1140. The Labute approximate surface area is 177 Å². The quantitative estimate of drug-likeness (QED) is 0.453. The van der Waals surface area contributed by atoms with Gasteiger partial charge < -0.3 is 15.2 Å². The van der Waals surface area contributed by atoms with Crippen LogP contribution >= 0.6 is 0 Å². The van der Waals surface area contributed by atoms with Crippen molar-refractivity contribution in [2.45, 2.75) is 20.3 Å². The number of aromatic amines is 1. The first-order valence-electron chi connectivity index (χ1n) is 10.7. The van der Waals surface area contributed by atoms with Crippen molar-refractivity contribution < 1.29 is 0 Å². The highest BCUT2D eigenvalue weighted by Crippen LogP contribution is 2.29. The predicted molar refractivity (Wildman–Crippen MR) is 124 cm³/mol. The Kier molecular flexibility index (Phi) is 4.87. The molecule has 1 aliphatic rings. The van der Waals surface area contributed by atoms with Gasteiger partial charge in [-0.2, -0.15) is 0 Å². The molecule has 5 heteroatoms. The number of anilines is 3. The molecule has 2 unspecified atom stereocenters. The first kappa shape index (κ1) is 18.7. The average Bonchev–Trinajstić information content (AvgIpc) is 3.18. The molecule has 0 saturated carbocycles. The van der Waals surface area contributed by atoms with Crippen LogP contribution in [0.15, 0.2) is 67.0 Å². The summed E-state index contributed by atoms with van der Waals surface area (Å²) in [5, 5.41) is 4.51. The molecule has 2 N–H and O–H groups in total. The molecule has 1 aliphatic heterocycles. The second kappa shape index (κ2) is 7.82. The van der Waals surface area contributed by atoms with Gasteiger partial charge in [0.05, 0.1) is 5.69 Å². The second-order valence-corrected chi connectivity index (χ2v) is 8.54. The van der Waals surface area contributed by atoms with Crippen LogP contribution in [-0.4, -0.2) is 28.0 Å². The van der Waals surface area contributed by atoms with Crippen molar-refractivity contribution in [1.82, 2.24) is 15.0 Å². The summed E-state index contributed by atoms with van der Waals surface area (Å²) in [7, 11) is 0. The third kappa shape index (κ3) is 3.75. The lowest BCUT2D eigenvalue weighted by molar-refractivity contribution is 0.357. The van der Waals surface area contributed by atoms with Crippen molar-refractivity contribution in [2.75, 3.05) is 23.3 Å². The van der Waals surface area contributed by atoms with E-state index in [0.29, 0.717) is 5.95 Å². The highest BCUT2D eigenvalue weighted by atomic mass is 15.1. The molecular weight excluding hydrogens is 370 g/mol. The molecule has 0 radical (unpaired) electrons. The lowest BCUT2D eigenvalue weighted by Crippen LogP contribution is -2.38. The van der Waals surface area contributed by atoms with Crippen molar-refractivity contribution in [3.05, 3.63) is 67.0 Å². The van der Waals surface area contributed by atoms with E-state index < -0.39 is 0 Å². The standard InChI is InChI=1S/C25H27N5/c1-17-13-18(2)16-30(15-17)20-9-7-19(8-10-20)28-25-26-12-11-24(29-25)22-14-27-23-6-4-3-5-21(22)23/h3-12,14,17-18,27H,13,15-16H2,1-2H3,(H,26,28,29). The summed E-state index contributed by atoms with van der Waals surface area (Å²) in [6.07, 6.45) is 5.13. The van der Waals surface area contributed by atoms with E-state index in [9.17, 15) is 0 Å². The monoisotopic (exact) mass is 397 g/mol. The molecule has 0 bridgehead atoms. The van der Waals surface area contributed by atoms with E-state index >= 15 is 0 Å². The van der Waals surface area contributed by atoms with Gasteiger partial charge in [-0.1, -0.05) is 32.0 Å². The van der Waals surface area contributed by atoms with Crippen molar-refractivity contribution in [2.24, 2.45) is 11.8 Å². The van der Waals surface area contributed by atoms with E-state index in [0.717, 1.165) is 52.8 Å². The van der Waals surface area contributed by atoms with Gasteiger partial charge in [0.1, 0.15) is 0 Å². The van der Waals surface area contributed by atoms with Crippen LogP contribution in [0.1, 0.15) is 20.3 Å². The van der Waals surface area contributed by atoms with E-state index in [1.54, 1.807) is 6.20 Å². The number of H-pyrrole nitrogens is 1. The fourth-order valence-corrected chi connectivity index (χ4v) is 4.61. The number of aromatic nitrogens is 3. The molecule has 3 heterocycles. The number of para-hydroxylation sites is 1. The van der Waals surface area contributed by atoms with Crippen molar-refractivity contribution in [3.8, 4) is 11.3 Å². The summed E-state index contributed by atoms with van der Waals surface area (Å²) in [5.41, 5.74) is 5.37. The maximum atomic E-state index is 4.74. The van der Waals surface area contributed by atoms with Crippen LogP contribution in [0.2, 0.25) is 0 Å². The predicted octanol–water partition coefficient (Wildman–Crippen LogP) is 5.85. The third-order valence-electron chi connectivity index (χ3n) is 5.88. The van der Waals surface area contributed by atoms with Crippen LogP contribution in [0.5, 0.6) is 0 Å². The van der Waals surface area contributed by atoms with Crippen LogP contribution < -0.4 is 10.2 Å². The number of hydrogen-bond donors (Lipinski definition) is 2. The van der Waals surface area contributed by atoms with Crippen LogP contribution in [0.4, 0.5) is 17.3 Å². The Morgan fingerprint density at radius 1 is 0.967 bits per heavy atom. The number of rotatable bonds is 4. The van der Waals surface area contributed by atoms with Crippen molar-refractivity contribution >= 4 is 28.2 Å². The number of fused-ring (bicyclic) bond motifs is 1. The fraction of sp³-hybridized carbons (Fsp3) is 0.280. The minimum atomic E-state index is 0.603. The van der Waals surface area contributed by atoms with Gasteiger partial charge in [-0.05, 0) is 54.7 Å². The third-order valence-corrected chi connectivity index (χ3v) is 5.88. The summed E-state index contributed by atoms with van der Waals surface area (Å²) in [5.74, 6) is 2.09. The minimum absolute atomic E-state index is 0.603. The fourth-order valence-electron chi connectivity index (χ4n) is 4.61. The van der Waals surface area contributed by atoms with Gasteiger partial charge in [-0.3, -0.25) is 0 Å². The van der Waals surface area contributed by atoms with E-state index in [1.165, 1.54) is 12.1 Å². The lowest BCUT2D eigenvalue weighted by atomic mass is 9.91.